The molecule has 0 atom stereocenters. The molecule has 0 bridgehead atoms. The largest absolute Gasteiger partial charge is 0.478 e. The highest BCUT2D eigenvalue weighted by molar-refractivity contribution is 9.10. The number of hydrogen-bond acceptors (Lipinski definition) is 3. The number of nitrogens with zero attached hydrogens (tertiary/aromatic N) is 1. The fraction of sp³-hybridized carbons (Fsp3) is 0.111. The van der Waals surface area contributed by atoms with Crippen LogP contribution in [0.4, 0.5) is 0 Å². The number of rotatable bonds is 1. The summed E-state index contributed by atoms with van der Waals surface area (Å²) in [6.45, 7) is 1.87. The van der Waals surface area contributed by atoms with Gasteiger partial charge in [0.2, 0.25) is 0 Å². The van der Waals surface area contributed by atoms with Gasteiger partial charge in [-0.2, -0.15) is 4.37 Å². The van der Waals surface area contributed by atoms with Gasteiger partial charge in [0.05, 0.1) is 16.0 Å². The average molecular weight is 272 g/mol. The monoisotopic (exact) mass is 271 g/mol. The van der Waals surface area contributed by atoms with E-state index in [1.54, 1.807) is 6.07 Å². The lowest BCUT2D eigenvalue weighted by Crippen LogP contribution is -1.95. The van der Waals surface area contributed by atoms with E-state index in [1.165, 1.54) is 11.5 Å². The first-order valence-electron chi connectivity index (χ1n) is 3.88. The standard InChI is InChI=1S/C9H6BrNO2S/c1-4-6-2-5(10)3-7(9(12)13)8(6)14-11-4/h2-3H,1H3,(H,12,13). The lowest BCUT2D eigenvalue weighted by molar-refractivity contribution is 0.0699. The molecule has 14 heavy (non-hydrogen) atoms. The molecule has 1 heterocycles. The molecule has 0 saturated heterocycles. The Labute approximate surface area is 92.7 Å². The van der Waals surface area contributed by atoms with Crippen LogP contribution < -0.4 is 0 Å². The Hall–Kier alpha value is -0.940. The van der Waals surface area contributed by atoms with Crippen molar-refractivity contribution >= 4 is 43.5 Å². The minimum atomic E-state index is -0.917. The molecule has 5 heteroatoms. The third kappa shape index (κ3) is 1.42. The van der Waals surface area contributed by atoms with Crippen molar-refractivity contribution in [1.29, 1.82) is 0 Å². The van der Waals surface area contributed by atoms with Crippen LogP contribution in [-0.4, -0.2) is 15.4 Å². The molecular formula is C9H6BrNO2S. The Morgan fingerprint density at radius 3 is 2.93 bits per heavy atom. The van der Waals surface area contributed by atoms with Gasteiger partial charge in [0.25, 0.3) is 0 Å². The summed E-state index contributed by atoms with van der Waals surface area (Å²) in [5, 5.41) is 9.88. The fourth-order valence-electron chi connectivity index (χ4n) is 1.28. The van der Waals surface area contributed by atoms with E-state index in [-0.39, 0.29) is 0 Å². The fourth-order valence-corrected chi connectivity index (χ4v) is 2.62. The molecule has 0 aliphatic rings. The lowest BCUT2D eigenvalue weighted by Gasteiger charge is -1.98. The Balaban J connectivity index is 2.88. The van der Waals surface area contributed by atoms with Gasteiger partial charge in [-0.1, -0.05) is 15.9 Å². The van der Waals surface area contributed by atoms with Crippen molar-refractivity contribution in [3.05, 3.63) is 27.9 Å². The number of aromatic carboxylic acids is 1. The molecule has 0 spiro atoms. The van der Waals surface area contributed by atoms with E-state index in [1.807, 2.05) is 13.0 Å². The van der Waals surface area contributed by atoms with Gasteiger partial charge in [0, 0.05) is 9.86 Å². The molecule has 0 saturated carbocycles. The van der Waals surface area contributed by atoms with Crippen LogP contribution in [-0.2, 0) is 0 Å². The van der Waals surface area contributed by atoms with Crippen LogP contribution in [0.5, 0.6) is 0 Å². The molecule has 2 aromatic rings. The summed E-state index contributed by atoms with van der Waals surface area (Å²) in [6.07, 6.45) is 0. The summed E-state index contributed by atoms with van der Waals surface area (Å²) in [4.78, 5) is 10.9. The van der Waals surface area contributed by atoms with E-state index in [0.29, 0.717) is 5.56 Å². The van der Waals surface area contributed by atoms with Crippen LogP contribution in [0.3, 0.4) is 0 Å². The SMILES string of the molecule is Cc1nsc2c(C(=O)O)cc(Br)cc12. The van der Waals surface area contributed by atoms with Crippen molar-refractivity contribution in [3.8, 4) is 0 Å². The molecule has 1 aromatic heterocycles. The number of carboxylic acid groups (broad SMARTS) is 1. The summed E-state index contributed by atoms with van der Waals surface area (Å²) >= 11 is 4.51. The predicted octanol–water partition coefficient (Wildman–Crippen LogP) is 3.07. The maximum absolute atomic E-state index is 10.9. The number of aryl methyl sites for hydroxylation is 1. The van der Waals surface area contributed by atoms with E-state index in [9.17, 15) is 4.79 Å². The van der Waals surface area contributed by atoms with E-state index in [4.69, 9.17) is 5.11 Å². The normalized spacial score (nSPS) is 10.7. The van der Waals surface area contributed by atoms with E-state index in [2.05, 4.69) is 20.3 Å². The van der Waals surface area contributed by atoms with E-state index in [0.717, 1.165) is 20.3 Å². The second-order valence-electron chi connectivity index (χ2n) is 2.90. The number of carboxylic acids is 1. The van der Waals surface area contributed by atoms with Gasteiger partial charge in [-0.15, -0.1) is 0 Å². The molecule has 1 aromatic carbocycles. The molecule has 0 unspecified atom stereocenters. The second kappa shape index (κ2) is 3.33. The van der Waals surface area contributed by atoms with Crippen molar-refractivity contribution in [2.24, 2.45) is 0 Å². The van der Waals surface area contributed by atoms with E-state index >= 15 is 0 Å². The van der Waals surface area contributed by atoms with Crippen molar-refractivity contribution in [2.45, 2.75) is 6.92 Å². The van der Waals surface area contributed by atoms with Gasteiger partial charge >= 0.3 is 5.97 Å². The van der Waals surface area contributed by atoms with Gasteiger partial charge < -0.3 is 5.11 Å². The maximum Gasteiger partial charge on any atom is 0.337 e. The van der Waals surface area contributed by atoms with Gasteiger partial charge in [0.1, 0.15) is 0 Å². The average Bonchev–Trinajstić information content (AvgIpc) is 2.47. The Kier molecular flexibility index (Phi) is 2.28. The maximum atomic E-state index is 10.9. The van der Waals surface area contributed by atoms with Crippen molar-refractivity contribution in [3.63, 3.8) is 0 Å². The molecule has 0 aliphatic heterocycles. The summed E-state index contributed by atoms with van der Waals surface area (Å²) in [7, 11) is 0. The lowest BCUT2D eigenvalue weighted by atomic mass is 10.1. The molecular weight excluding hydrogens is 266 g/mol. The van der Waals surface area contributed by atoms with Gasteiger partial charge in [-0.3, -0.25) is 0 Å². The van der Waals surface area contributed by atoms with Crippen LogP contribution in [0, 0.1) is 6.92 Å². The number of hydrogen-bond donors (Lipinski definition) is 1. The first-order valence-corrected chi connectivity index (χ1v) is 5.45. The molecule has 72 valence electrons. The van der Waals surface area contributed by atoms with Crippen LogP contribution in [0.25, 0.3) is 10.1 Å². The van der Waals surface area contributed by atoms with E-state index < -0.39 is 5.97 Å². The Bertz CT molecular complexity index is 521. The third-order valence-corrected chi connectivity index (χ3v) is 3.39. The van der Waals surface area contributed by atoms with Gasteiger partial charge in [-0.05, 0) is 30.6 Å². The predicted molar refractivity (Wildman–Crippen MR) is 59.0 cm³/mol. The first-order chi connectivity index (χ1) is 6.59. The highest BCUT2D eigenvalue weighted by atomic mass is 79.9. The summed E-state index contributed by atoms with van der Waals surface area (Å²) in [6, 6.07) is 3.49. The molecule has 0 aliphatic carbocycles. The van der Waals surface area contributed by atoms with Crippen LogP contribution in [0.2, 0.25) is 0 Å². The molecule has 1 N–H and O–H groups in total. The highest BCUT2D eigenvalue weighted by Gasteiger charge is 2.13. The van der Waals surface area contributed by atoms with Crippen LogP contribution in [0.1, 0.15) is 16.1 Å². The zero-order valence-electron chi connectivity index (χ0n) is 7.24. The first kappa shape index (κ1) is 9.61. The van der Waals surface area contributed by atoms with Crippen molar-refractivity contribution in [1.82, 2.24) is 4.37 Å². The Morgan fingerprint density at radius 1 is 1.57 bits per heavy atom. The van der Waals surface area contributed by atoms with Crippen molar-refractivity contribution in [2.75, 3.05) is 0 Å². The van der Waals surface area contributed by atoms with Crippen molar-refractivity contribution < 1.29 is 9.90 Å². The number of fused-ring (bicyclic) bond motifs is 1. The molecule has 0 radical (unpaired) electrons. The number of benzene rings is 1. The number of aromatic nitrogens is 1. The molecule has 3 nitrogen and oxygen atoms in total. The zero-order chi connectivity index (χ0) is 10.3. The minimum absolute atomic E-state index is 0.306. The summed E-state index contributed by atoms with van der Waals surface area (Å²) in [5.41, 5.74) is 1.17. The Morgan fingerprint density at radius 2 is 2.29 bits per heavy atom. The molecule has 2 rings (SSSR count). The summed E-state index contributed by atoms with van der Waals surface area (Å²) in [5.74, 6) is -0.917. The zero-order valence-corrected chi connectivity index (χ0v) is 9.65. The van der Waals surface area contributed by atoms with Gasteiger partial charge in [0.15, 0.2) is 0 Å². The summed E-state index contributed by atoms with van der Waals surface area (Å²) < 4.78 is 5.64. The third-order valence-electron chi connectivity index (χ3n) is 1.95. The number of carbonyl (C=O) groups is 1. The molecule has 0 amide bonds. The van der Waals surface area contributed by atoms with Crippen LogP contribution in [0.15, 0.2) is 16.6 Å². The quantitative estimate of drug-likeness (QED) is 0.867. The highest BCUT2D eigenvalue weighted by Crippen LogP contribution is 2.29. The second-order valence-corrected chi connectivity index (χ2v) is 4.59. The number of halogens is 1. The molecule has 0 fully saturated rings. The topological polar surface area (TPSA) is 50.2 Å². The van der Waals surface area contributed by atoms with Crippen LogP contribution >= 0.6 is 27.5 Å². The minimum Gasteiger partial charge on any atom is -0.478 e. The van der Waals surface area contributed by atoms with Gasteiger partial charge in [-0.25, -0.2) is 4.79 Å². The smallest absolute Gasteiger partial charge is 0.337 e.